The fourth-order valence-electron chi connectivity index (χ4n) is 2.52. The number of hydrogen-bond acceptors (Lipinski definition) is 3. The van der Waals surface area contributed by atoms with E-state index in [9.17, 15) is 0 Å². The van der Waals surface area contributed by atoms with Crippen LogP contribution in [0.2, 0.25) is 0 Å². The first-order valence-corrected chi connectivity index (χ1v) is 6.75. The maximum atomic E-state index is 4.82. The molecule has 1 saturated heterocycles. The van der Waals surface area contributed by atoms with Gasteiger partial charge in [-0.15, -0.1) is 0 Å². The summed E-state index contributed by atoms with van der Waals surface area (Å²) in [6, 6.07) is 1.13. The average Bonchev–Trinajstić information content (AvgIpc) is 2.84. The van der Waals surface area contributed by atoms with E-state index in [1.54, 1.807) is 0 Å². The van der Waals surface area contributed by atoms with Crippen molar-refractivity contribution >= 4 is 5.96 Å². The Morgan fingerprint density at radius 1 is 1.25 bits per heavy atom. The molecule has 0 spiro atoms. The molecule has 0 aromatic carbocycles. The average molecular weight is 223 g/mol. The van der Waals surface area contributed by atoms with Gasteiger partial charge in [0.2, 0.25) is 0 Å². The molecule has 0 unspecified atom stereocenters. The third-order valence-corrected chi connectivity index (χ3v) is 4.36. The van der Waals surface area contributed by atoms with Gasteiger partial charge in [0.25, 0.3) is 0 Å². The molecule has 2 aliphatic heterocycles. The summed E-state index contributed by atoms with van der Waals surface area (Å²) in [6.07, 6.45) is 2.47. The Balaban J connectivity index is 1.96. The van der Waals surface area contributed by atoms with Crippen LogP contribution in [0.1, 0.15) is 40.5 Å². The second-order valence-corrected chi connectivity index (χ2v) is 5.45. The topological polar surface area (TPSA) is 27.6 Å². The Hall–Kier alpha value is -0.730. The molecule has 1 N–H and O–H groups in total. The zero-order valence-corrected chi connectivity index (χ0v) is 11.0. The SMILES string of the molecule is CC[C@H](C)[C@H]1CN2C[C@H]([C@@H](C)CC)NC2=N1. The van der Waals surface area contributed by atoms with Crippen LogP contribution >= 0.6 is 0 Å². The summed E-state index contributed by atoms with van der Waals surface area (Å²) in [5.74, 6) is 2.62. The molecule has 16 heavy (non-hydrogen) atoms. The van der Waals surface area contributed by atoms with Crippen LogP contribution < -0.4 is 5.32 Å². The van der Waals surface area contributed by atoms with E-state index in [0.29, 0.717) is 18.0 Å². The molecular weight excluding hydrogens is 198 g/mol. The van der Waals surface area contributed by atoms with Crippen LogP contribution in [0.4, 0.5) is 0 Å². The van der Waals surface area contributed by atoms with Gasteiger partial charge in [0.05, 0.1) is 6.04 Å². The number of nitrogens with zero attached hydrogens (tertiary/aromatic N) is 2. The molecule has 3 heteroatoms. The molecule has 4 atom stereocenters. The normalized spacial score (nSPS) is 32.0. The van der Waals surface area contributed by atoms with Crippen molar-refractivity contribution in [2.24, 2.45) is 16.8 Å². The lowest BCUT2D eigenvalue weighted by Crippen LogP contribution is -2.33. The predicted molar refractivity (Wildman–Crippen MR) is 68.6 cm³/mol. The molecule has 0 aliphatic carbocycles. The minimum atomic E-state index is 0.519. The highest BCUT2D eigenvalue weighted by Crippen LogP contribution is 2.24. The molecule has 2 rings (SSSR count). The van der Waals surface area contributed by atoms with Gasteiger partial charge >= 0.3 is 0 Å². The van der Waals surface area contributed by atoms with Gasteiger partial charge in [0.1, 0.15) is 0 Å². The highest BCUT2D eigenvalue weighted by atomic mass is 15.4. The lowest BCUT2D eigenvalue weighted by molar-refractivity contribution is 0.334. The predicted octanol–water partition coefficient (Wildman–Crippen LogP) is 2.09. The molecule has 1 fully saturated rings. The second kappa shape index (κ2) is 4.64. The monoisotopic (exact) mass is 223 g/mol. The van der Waals surface area contributed by atoms with Crippen molar-refractivity contribution in [3.63, 3.8) is 0 Å². The molecule has 0 aromatic rings. The molecule has 92 valence electrons. The summed E-state index contributed by atoms with van der Waals surface area (Å²) >= 11 is 0. The Labute approximate surface area is 99.3 Å². The standard InChI is InChI=1S/C13H25N3/c1-5-9(3)11-7-16-8-12(10(4)6-2)15-13(16)14-11/h9-12H,5-8H2,1-4H3,(H,14,15)/t9-,10-,11+,12+/m0/s1. The quantitative estimate of drug-likeness (QED) is 0.790. The molecule has 2 aliphatic rings. The van der Waals surface area contributed by atoms with E-state index in [2.05, 4.69) is 37.9 Å². The first-order valence-electron chi connectivity index (χ1n) is 6.75. The van der Waals surface area contributed by atoms with E-state index in [0.717, 1.165) is 25.0 Å². The smallest absolute Gasteiger partial charge is 0.194 e. The summed E-state index contributed by atoms with van der Waals surface area (Å²) in [6.45, 7) is 11.4. The second-order valence-electron chi connectivity index (χ2n) is 5.45. The van der Waals surface area contributed by atoms with Gasteiger partial charge in [-0.25, -0.2) is 4.99 Å². The number of nitrogens with one attached hydrogen (secondary N) is 1. The number of fused-ring (bicyclic) bond motifs is 1. The van der Waals surface area contributed by atoms with Crippen molar-refractivity contribution in [2.75, 3.05) is 13.1 Å². The highest BCUT2D eigenvalue weighted by molar-refractivity contribution is 5.84. The summed E-state index contributed by atoms with van der Waals surface area (Å²) < 4.78 is 0. The van der Waals surface area contributed by atoms with Crippen molar-refractivity contribution in [3.05, 3.63) is 0 Å². The van der Waals surface area contributed by atoms with Gasteiger partial charge in [0.15, 0.2) is 5.96 Å². The first-order chi connectivity index (χ1) is 7.65. The van der Waals surface area contributed by atoms with Crippen molar-refractivity contribution < 1.29 is 0 Å². The van der Waals surface area contributed by atoms with Gasteiger partial charge in [-0.3, -0.25) is 0 Å². The lowest BCUT2D eigenvalue weighted by atomic mass is 9.98. The van der Waals surface area contributed by atoms with Crippen molar-refractivity contribution in [2.45, 2.75) is 52.6 Å². The molecule has 0 aromatic heterocycles. The van der Waals surface area contributed by atoms with E-state index in [1.165, 1.54) is 12.8 Å². The maximum Gasteiger partial charge on any atom is 0.194 e. The number of rotatable bonds is 4. The molecule has 3 nitrogen and oxygen atoms in total. The Kier molecular flexibility index (Phi) is 3.41. The summed E-state index contributed by atoms with van der Waals surface area (Å²) in [7, 11) is 0. The minimum absolute atomic E-state index is 0.519. The van der Waals surface area contributed by atoms with E-state index >= 15 is 0 Å². The number of aliphatic imine (C=N–C) groups is 1. The highest BCUT2D eigenvalue weighted by Gasteiger charge is 2.36. The van der Waals surface area contributed by atoms with E-state index < -0.39 is 0 Å². The number of guanidine groups is 1. The van der Waals surface area contributed by atoms with Crippen molar-refractivity contribution in [1.29, 1.82) is 0 Å². The third kappa shape index (κ3) is 2.04. The molecular formula is C13H25N3. The first kappa shape index (κ1) is 11.7. The molecule has 0 radical (unpaired) electrons. The van der Waals surface area contributed by atoms with Crippen LogP contribution in [0.15, 0.2) is 4.99 Å². The molecule has 0 saturated carbocycles. The van der Waals surface area contributed by atoms with Gasteiger partial charge in [-0.2, -0.15) is 0 Å². The molecule has 2 heterocycles. The molecule has 0 amide bonds. The van der Waals surface area contributed by atoms with Crippen LogP contribution in [0.3, 0.4) is 0 Å². The van der Waals surface area contributed by atoms with E-state index in [4.69, 9.17) is 4.99 Å². The van der Waals surface area contributed by atoms with Gasteiger partial charge in [-0.1, -0.05) is 40.5 Å². The Morgan fingerprint density at radius 3 is 2.50 bits per heavy atom. The zero-order chi connectivity index (χ0) is 11.7. The summed E-state index contributed by atoms with van der Waals surface area (Å²) in [5, 5.41) is 3.59. The third-order valence-electron chi connectivity index (χ3n) is 4.36. The Morgan fingerprint density at radius 2 is 1.94 bits per heavy atom. The van der Waals surface area contributed by atoms with Crippen molar-refractivity contribution in [3.8, 4) is 0 Å². The largest absolute Gasteiger partial charge is 0.351 e. The van der Waals surface area contributed by atoms with Crippen LogP contribution in [0.5, 0.6) is 0 Å². The maximum absolute atomic E-state index is 4.82. The van der Waals surface area contributed by atoms with Crippen LogP contribution in [0, 0.1) is 11.8 Å². The van der Waals surface area contributed by atoms with E-state index in [1.807, 2.05) is 0 Å². The van der Waals surface area contributed by atoms with Gasteiger partial charge in [0, 0.05) is 19.1 Å². The van der Waals surface area contributed by atoms with Crippen LogP contribution in [0.25, 0.3) is 0 Å². The molecule has 0 bridgehead atoms. The minimum Gasteiger partial charge on any atom is -0.351 e. The fourth-order valence-corrected chi connectivity index (χ4v) is 2.52. The lowest BCUT2D eigenvalue weighted by Gasteiger charge is -2.20. The fraction of sp³-hybridized carbons (Fsp3) is 0.923. The number of hydrogen-bond donors (Lipinski definition) is 1. The van der Waals surface area contributed by atoms with Gasteiger partial charge in [-0.05, 0) is 11.8 Å². The summed E-state index contributed by atoms with van der Waals surface area (Å²) in [4.78, 5) is 7.26. The zero-order valence-electron chi connectivity index (χ0n) is 11.0. The van der Waals surface area contributed by atoms with Crippen molar-refractivity contribution in [1.82, 2.24) is 10.2 Å². The van der Waals surface area contributed by atoms with Crippen LogP contribution in [-0.2, 0) is 0 Å². The Bertz CT molecular complexity index is 274. The van der Waals surface area contributed by atoms with Crippen LogP contribution in [-0.4, -0.2) is 36.0 Å². The van der Waals surface area contributed by atoms with E-state index in [-0.39, 0.29) is 0 Å². The van der Waals surface area contributed by atoms with Gasteiger partial charge < -0.3 is 10.2 Å². The summed E-state index contributed by atoms with van der Waals surface area (Å²) in [5.41, 5.74) is 0.